The summed E-state index contributed by atoms with van der Waals surface area (Å²) in [6, 6.07) is 16.0. The number of Topliss-reactive ketones (excluding diaryl/α,β-unsaturated/α-hetero) is 1. The van der Waals surface area contributed by atoms with Crippen molar-refractivity contribution >= 4 is 70.6 Å². The highest BCUT2D eigenvalue weighted by Crippen LogP contribution is 2.72. The van der Waals surface area contributed by atoms with Crippen LogP contribution in [0.5, 0.6) is 0 Å². The molecule has 2 heterocycles. The van der Waals surface area contributed by atoms with Gasteiger partial charge in [0.1, 0.15) is 49.2 Å². The number of aliphatic hydroxyl groups is 6. The number of aliphatic hydroxyl groups excluding tert-OH is 6. The van der Waals surface area contributed by atoms with Crippen LogP contribution in [0.25, 0.3) is 0 Å². The minimum Gasteiger partial charge on any atom is -0.445 e. The lowest BCUT2D eigenvalue weighted by Crippen LogP contribution is -2.71. The van der Waals surface area contributed by atoms with E-state index in [2.05, 4.69) is 61.0 Å². The average Bonchev–Trinajstić information content (AvgIpc) is 1.51. The van der Waals surface area contributed by atoms with Crippen molar-refractivity contribution in [3.05, 3.63) is 131 Å². The molecule has 16 N–H and O–H groups in total. The summed E-state index contributed by atoms with van der Waals surface area (Å²) in [4.78, 5) is 137. The zero-order valence-corrected chi connectivity index (χ0v) is 68.9. The van der Waals surface area contributed by atoms with E-state index in [0.29, 0.717) is 36.2 Å². The number of para-hydroxylation sites is 1. The highest BCUT2D eigenvalue weighted by atomic mass is 19.1. The number of halogens is 2. The number of ether oxygens (including phenoxy) is 7. The number of benzene rings is 3. The summed E-state index contributed by atoms with van der Waals surface area (Å²) >= 11 is 0. The third-order valence-corrected chi connectivity index (χ3v) is 23.3. The quantitative estimate of drug-likeness (QED) is 0.0286. The molecule has 4 aliphatic carbocycles. The van der Waals surface area contributed by atoms with Crippen molar-refractivity contribution in [3.63, 3.8) is 0 Å². The summed E-state index contributed by atoms with van der Waals surface area (Å²) < 4.78 is 75.3. The molecule has 3 aromatic carbocycles. The van der Waals surface area contributed by atoms with Crippen LogP contribution in [0.3, 0.4) is 0 Å². The molecule has 1 unspecified atom stereocenters. The lowest BCUT2D eigenvalue weighted by molar-refractivity contribution is -0.233. The Morgan fingerprint density at radius 1 is 0.702 bits per heavy atom. The first-order valence-corrected chi connectivity index (χ1v) is 41.2. The van der Waals surface area contributed by atoms with Crippen molar-refractivity contribution < 1.29 is 121 Å². The van der Waals surface area contributed by atoms with Gasteiger partial charge >= 0.3 is 12.1 Å². The van der Waals surface area contributed by atoms with Gasteiger partial charge in [0.15, 0.2) is 23.3 Å². The van der Waals surface area contributed by atoms with E-state index in [-0.39, 0.29) is 147 Å². The largest absolute Gasteiger partial charge is 0.445 e. The smallest absolute Gasteiger partial charge is 0.407 e. The van der Waals surface area contributed by atoms with Gasteiger partial charge in [0.25, 0.3) is 0 Å². The maximum atomic E-state index is 18.1. The van der Waals surface area contributed by atoms with E-state index in [1.54, 1.807) is 50.8 Å². The normalized spacial score (nSPS) is 24.6. The second-order valence-corrected chi connectivity index (χ2v) is 31.9. The van der Waals surface area contributed by atoms with Gasteiger partial charge in [-0.15, -0.1) is 0 Å². The second kappa shape index (κ2) is 44.4. The Morgan fingerprint density at radius 3 is 2.03 bits per heavy atom. The Labute approximate surface area is 701 Å². The van der Waals surface area contributed by atoms with Crippen LogP contribution in [0.2, 0.25) is 0 Å². The Bertz CT molecular complexity index is 4260. The van der Waals surface area contributed by atoms with Gasteiger partial charge in [-0.25, -0.2) is 18.4 Å². The molecule has 3 aromatic rings. The molecular formula is C86H116F2N10O23. The predicted octanol–water partition coefficient (Wildman–Crippen LogP) is 2.81. The molecule has 6 aliphatic rings. The van der Waals surface area contributed by atoms with Gasteiger partial charge in [0.05, 0.1) is 96.6 Å². The Morgan fingerprint density at radius 2 is 1.35 bits per heavy atom. The summed E-state index contributed by atoms with van der Waals surface area (Å²) in [5.41, 5.74) is 2.96. The number of allylic oxidation sites excluding steroid dienone is 5. The number of nitrogens with one attached hydrogen (secondary N) is 8. The number of carbonyl (C=O) groups is 10. The first-order valence-electron chi connectivity index (χ1n) is 41.2. The monoisotopic (exact) mass is 1690 g/mol. The Kier molecular flexibility index (Phi) is 34.9. The molecule has 9 rings (SSSR count). The fourth-order valence-corrected chi connectivity index (χ4v) is 16.8. The number of ketones is 1. The van der Waals surface area contributed by atoms with Crippen molar-refractivity contribution in [2.45, 2.75) is 203 Å². The van der Waals surface area contributed by atoms with Crippen molar-refractivity contribution in [2.75, 3.05) is 95.9 Å². The van der Waals surface area contributed by atoms with E-state index in [0.717, 1.165) is 16.7 Å². The molecule has 0 spiro atoms. The number of alkyl halides is 2. The minimum absolute atomic E-state index is 0.00575. The van der Waals surface area contributed by atoms with Gasteiger partial charge in [-0.2, -0.15) is 0 Å². The van der Waals surface area contributed by atoms with E-state index in [9.17, 15) is 78.6 Å². The number of rotatable bonds is 46. The van der Waals surface area contributed by atoms with Crippen LogP contribution in [0.1, 0.15) is 134 Å². The highest BCUT2D eigenvalue weighted by Gasteiger charge is 2.80. The maximum absolute atomic E-state index is 18.1. The van der Waals surface area contributed by atoms with Crippen molar-refractivity contribution in [1.82, 2.24) is 37.2 Å². The molecule has 121 heavy (non-hydrogen) atoms. The van der Waals surface area contributed by atoms with Gasteiger partial charge in [-0.3, -0.25) is 38.4 Å². The SMILES string of the molecule is C=C1C=C[C@@]2(C)C(=C1)[C@@H](F)C[C@H]1[C@@H]3C[C@H]4OC(CCC)O[C@@]4(C(=O)CNC(=O)OCc4ccc(NC(=O)[C@H](CCCNC(N)=O)NC(=O)[C@@H](NC(=O)[C@@H](CCC(=O)NC[C@H](O)[C@@H](O)[C@H](O)[C@H](O)CO)NC(=O)CCOCCOCCOCCOCCNC(=O)CCC(=O)N5Cc6ccccc6C#Cc6ccccc65)C(C)C)cc4)[C@@]3(C)C[C@H](O)[C@@]12F. The lowest BCUT2D eigenvalue weighted by atomic mass is 9.44. The molecule has 17 atom stereocenters. The summed E-state index contributed by atoms with van der Waals surface area (Å²) in [5, 5.41) is 82.4. The molecule has 10 amide bonds. The first-order chi connectivity index (χ1) is 57.8. The molecule has 2 aliphatic heterocycles. The molecule has 0 radical (unpaired) electrons. The van der Waals surface area contributed by atoms with E-state index >= 15 is 8.78 Å². The molecule has 662 valence electrons. The van der Waals surface area contributed by atoms with Crippen LogP contribution >= 0.6 is 0 Å². The van der Waals surface area contributed by atoms with Crippen LogP contribution in [0.15, 0.2) is 109 Å². The predicted molar refractivity (Wildman–Crippen MR) is 435 cm³/mol. The summed E-state index contributed by atoms with van der Waals surface area (Å²) in [7, 11) is 0. The van der Waals surface area contributed by atoms with E-state index in [4.69, 9.17) is 38.9 Å². The van der Waals surface area contributed by atoms with Gasteiger partial charge in [0.2, 0.25) is 41.4 Å². The van der Waals surface area contributed by atoms with E-state index < -0.39 is 187 Å². The maximum Gasteiger partial charge on any atom is 0.407 e. The number of anilines is 2. The van der Waals surface area contributed by atoms with Gasteiger partial charge in [0, 0.05) is 78.9 Å². The molecule has 3 saturated carbocycles. The third-order valence-electron chi connectivity index (χ3n) is 23.3. The number of nitrogens with two attached hydrogens (primary N) is 1. The first kappa shape index (κ1) is 95.2. The number of carbonyl (C=O) groups excluding carboxylic acids is 10. The van der Waals surface area contributed by atoms with Crippen LogP contribution < -0.4 is 53.2 Å². The summed E-state index contributed by atoms with van der Waals surface area (Å²) in [6.07, 6.45) is -9.29. The molecule has 4 fully saturated rings. The van der Waals surface area contributed by atoms with Gasteiger partial charge < -0.3 is 117 Å². The molecule has 1 saturated heterocycles. The van der Waals surface area contributed by atoms with Crippen LogP contribution in [0.4, 0.5) is 29.7 Å². The molecule has 0 bridgehead atoms. The number of amides is 10. The molecule has 0 aromatic heterocycles. The number of nitrogens with zero attached hydrogens (tertiary/aromatic N) is 1. The number of alkyl carbamates (subject to hydrolysis) is 1. The van der Waals surface area contributed by atoms with E-state index in [1.807, 2.05) is 55.5 Å². The number of hydrogen-bond donors (Lipinski definition) is 15. The van der Waals surface area contributed by atoms with Crippen LogP contribution in [-0.4, -0.2) is 254 Å². The minimum atomic E-state index is -2.32. The zero-order chi connectivity index (χ0) is 87.8. The number of hydrogen-bond acceptors (Lipinski definition) is 23. The van der Waals surface area contributed by atoms with Crippen molar-refractivity contribution in [3.8, 4) is 11.8 Å². The standard InChI is InChI=1S/C86H116F2N10O23/c1-7-13-74-120-69-44-58-59-43-61(87)60-42-52(4)29-31-83(60,5)85(59,88)67(102)45-84(58,6)86(69,121-74)68(103)47-93-82(114)119-50-53-19-23-57(24-20-53)94-78(110)62(17-12-32-91-81(89)113)96-80(112)75(51(2)3)97-79(111)63(25-26-71(105)92-46-65(100)76(108)77(109)66(101)49-99)95-72(106)30-34-115-36-38-117-40-41-118-39-37-116-35-33-90-70(104)27-28-73(107)98-48-56-16-9-8-14-54(56)21-22-55-15-10-11-18-64(55)98/h8-11,14-16,18-20,23-24,29,31,42,51,58-59,61-63,65-67,69,74-77,99-102,108-109H,4,7,12-13,17,25-28,30,32-41,43-50H2,1-3,5-6H3,(H,90,104)(H,92,105)(H,93,114)(H,94,110)(H,95,106)(H,96,112)(H,97,111)(H3,89,91,113)/t58-,59-,61-,62-,63+,65-,66+,67-,69+,74?,75-,76+,77+,83-,84-,85-,86+/m0/s1. The lowest BCUT2D eigenvalue weighted by Gasteiger charge is -2.63. The van der Waals surface area contributed by atoms with Gasteiger partial charge in [-0.05, 0) is 116 Å². The summed E-state index contributed by atoms with van der Waals surface area (Å²) in [5.74, 6) is -1.21. The van der Waals surface area contributed by atoms with Crippen molar-refractivity contribution in [1.29, 1.82) is 0 Å². The van der Waals surface area contributed by atoms with Gasteiger partial charge in [-0.1, -0.05) is 113 Å². The fourth-order valence-electron chi connectivity index (χ4n) is 16.8. The number of urea groups is 1. The Hall–Kier alpha value is -9.68. The summed E-state index contributed by atoms with van der Waals surface area (Å²) in [6.45, 7) is 11.4. The van der Waals surface area contributed by atoms with E-state index in [1.165, 1.54) is 24.3 Å². The fraction of sp³-hybridized carbons (Fsp3) is 0.581. The van der Waals surface area contributed by atoms with Crippen LogP contribution in [0, 0.1) is 40.4 Å². The highest BCUT2D eigenvalue weighted by molar-refractivity contribution is 6.00. The van der Waals surface area contributed by atoms with Crippen LogP contribution in [-0.2, 0) is 84.7 Å². The molecule has 33 nitrogen and oxygen atoms in total. The molecule has 35 heteroatoms. The zero-order valence-electron chi connectivity index (χ0n) is 68.9. The second-order valence-electron chi connectivity index (χ2n) is 31.9. The topological polar surface area (TPSA) is 482 Å². The molecular weight excluding hydrogens is 1580 g/mol. The average molecular weight is 1700 g/mol. The van der Waals surface area contributed by atoms with Crippen molar-refractivity contribution in [2.24, 2.45) is 34.3 Å². The number of primary amides is 1. The Balaban J connectivity index is 0.715. The number of fused-ring (bicyclic) bond motifs is 9. The third kappa shape index (κ3) is 24.0.